The Morgan fingerprint density at radius 2 is 1.89 bits per heavy atom. The third-order valence-electron chi connectivity index (χ3n) is 3.91. The van der Waals surface area contributed by atoms with E-state index in [2.05, 4.69) is 20.5 Å². The van der Waals surface area contributed by atoms with Crippen LogP contribution in [0.5, 0.6) is 0 Å². The van der Waals surface area contributed by atoms with Gasteiger partial charge in [0, 0.05) is 18.9 Å². The summed E-state index contributed by atoms with van der Waals surface area (Å²) in [5.41, 5.74) is 1.08. The molecule has 0 saturated heterocycles. The fraction of sp³-hybridized carbons (Fsp3) is 0.176. The zero-order valence-corrected chi connectivity index (χ0v) is 15.3. The maximum atomic E-state index is 12.2. The molecule has 1 amide bonds. The molecule has 0 aliphatic carbocycles. The van der Waals surface area contributed by atoms with Crippen molar-refractivity contribution in [3.05, 3.63) is 65.9 Å². The molecule has 3 aromatic rings. The van der Waals surface area contributed by atoms with Crippen LogP contribution in [-0.2, 0) is 16.4 Å². The van der Waals surface area contributed by atoms with Crippen LogP contribution in [0.3, 0.4) is 0 Å². The van der Waals surface area contributed by atoms with Crippen LogP contribution in [0.2, 0.25) is 0 Å². The van der Waals surface area contributed by atoms with E-state index in [9.17, 15) is 13.2 Å². The lowest BCUT2D eigenvalue weighted by atomic mass is 10.1. The molecule has 0 fully saturated rings. The SMILES string of the molecule is Cc1nccn1-c1ccc(C(=O)NCCc2ccc(S(N)(=O)=O)cc2)nn1. The fourth-order valence-corrected chi connectivity index (χ4v) is 2.97. The number of benzene rings is 1. The lowest BCUT2D eigenvalue weighted by Gasteiger charge is -2.07. The van der Waals surface area contributed by atoms with Crippen LogP contribution in [0.1, 0.15) is 21.9 Å². The summed E-state index contributed by atoms with van der Waals surface area (Å²) in [6.07, 6.45) is 3.96. The number of aromatic nitrogens is 4. The van der Waals surface area contributed by atoms with Crippen molar-refractivity contribution in [2.75, 3.05) is 6.54 Å². The van der Waals surface area contributed by atoms with Gasteiger partial charge in [0.15, 0.2) is 11.5 Å². The number of rotatable bonds is 6. The summed E-state index contributed by atoms with van der Waals surface area (Å²) in [5.74, 6) is 1.02. The summed E-state index contributed by atoms with van der Waals surface area (Å²) < 4.78 is 24.2. The Kier molecular flexibility index (Phi) is 5.28. The predicted octanol–water partition coefficient (Wildman–Crippen LogP) is 0.591. The molecule has 140 valence electrons. The second-order valence-electron chi connectivity index (χ2n) is 5.82. The van der Waals surface area contributed by atoms with Gasteiger partial charge in [-0.2, -0.15) is 0 Å². The van der Waals surface area contributed by atoms with Gasteiger partial charge in [-0.15, -0.1) is 10.2 Å². The van der Waals surface area contributed by atoms with Crippen molar-refractivity contribution in [3.63, 3.8) is 0 Å². The van der Waals surface area contributed by atoms with Crippen molar-refractivity contribution < 1.29 is 13.2 Å². The van der Waals surface area contributed by atoms with Crippen molar-refractivity contribution in [1.82, 2.24) is 25.1 Å². The molecule has 9 nitrogen and oxygen atoms in total. The summed E-state index contributed by atoms with van der Waals surface area (Å²) in [7, 11) is -3.70. The van der Waals surface area contributed by atoms with E-state index in [4.69, 9.17) is 5.14 Å². The van der Waals surface area contributed by atoms with E-state index in [1.54, 1.807) is 41.2 Å². The lowest BCUT2D eigenvalue weighted by Crippen LogP contribution is -2.27. The summed E-state index contributed by atoms with van der Waals surface area (Å²) in [6, 6.07) is 9.49. The zero-order chi connectivity index (χ0) is 19.4. The Balaban J connectivity index is 1.56. The minimum absolute atomic E-state index is 0.0544. The van der Waals surface area contributed by atoms with E-state index in [-0.39, 0.29) is 16.5 Å². The predicted molar refractivity (Wildman–Crippen MR) is 97.7 cm³/mol. The molecule has 0 bridgehead atoms. The number of hydrogen-bond acceptors (Lipinski definition) is 6. The Morgan fingerprint density at radius 3 is 2.44 bits per heavy atom. The molecule has 0 unspecified atom stereocenters. The van der Waals surface area contributed by atoms with Gasteiger partial charge in [-0.1, -0.05) is 12.1 Å². The van der Waals surface area contributed by atoms with E-state index < -0.39 is 10.0 Å². The molecule has 0 radical (unpaired) electrons. The van der Waals surface area contributed by atoms with E-state index in [1.807, 2.05) is 6.92 Å². The first kappa shape index (κ1) is 18.7. The monoisotopic (exact) mass is 386 g/mol. The highest BCUT2D eigenvalue weighted by atomic mass is 32.2. The number of primary sulfonamides is 1. The van der Waals surface area contributed by atoms with Gasteiger partial charge >= 0.3 is 0 Å². The highest BCUT2D eigenvalue weighted by Gasteiger charge is 2.10. The number of carbonyl (C=O) groups excluding carboxylic acids is 1. The number of carbonyl (C=O) groups is 1. The molecule has 27 heavy (non-hydrogen) atoms. The zero-order valence-electron chi connectivity index (χ0n) is 14.5. The van der Waals surface area contributed by atoms with Gasteiger partial charge in [0.05, 0.1) is 4.90 Å². The van der Waals surface area contributed by atoms with E-state index in [0.717, 1.165) is 11.4 Å². The largest absolute Gasteiger partial charge is 0.350 e. The van der Waals surface area contributed by atoms with Gasteiger partial charge in [0.1, 0.15) is 5.82 Å². The average molecular weight is 386 g/mol. The number of nitrogens with two attached hydrogens (primary N) is 1. The van der Waals surface area contributed by atoms with E-state index in [0.29, 0.717) is 18.8 Å². The van der Waals surface area contributed by atoms with Crippen LogP contribution in [0.25, 0.3) is 5.82 Å². The maximum Gasteiger partial charge on any atom is 0.271 e. The standard InChI is InChI=1S/C17H18N6O3S/c1-12-19-10-11-23(12)16-7-6-15(21-22-16)17(24)20-9-8-13-2-4-14(5-3-13)27(18,25)26/h2-7,10-11H,8-9H2,1H3,(H,20,24)(H2,18,25,26). The first-order valence-corrected chi connectivity index (χ1v) is 9.63. The second-order valence-corrected chi connectivity index (χ2v) is 7.38. The first-order valence-electron chi connectivity index (χ1n) is 8.08. The number of hydrogen-bond donors (Lipinski definition) is 2. The molecule has 2 heterocycles. The molecule has 3 N–H and O–H groups in total. The molecule has 0 aliphatic rings. The minimum atomic E-state index is -3.70. The van der Waals surface area contributed by atoms with Crippen LogP contribution in [0.15, 0.2) is 53.7 Å². The molecule has 10 heteroatoms. The summed E-state index contributed by atoms with van der Waals surface area (Å²) in [6.45, 7) is 2.22. The van der Waals surface area contributed by atoms with E-state index in [1.165, 1.54) is 12.1 Å². The highest BCUT2D eigenvalue weighted by molar-refractivity contribution is 7.89. The molecular formula is C17H18N6O3S. The van der Waals surface area contributed by atoms with Crippen molar-refractivity contribution in [2.24, 2.45) is 5.14 Å². The normalized spacial score (nSPS) is 11.3. The number of aryl methyl sites for hydroxylation is 1. The van der Waals surface area contributed by atoms with Gasteiger partial charge in [-0.3, -0.25) is 9.36 Å². The first-order chi connectivity index (χ1) is 12.8. The van der Waals surface area contributed by atoms with Crippen LogP contribution in [0, 0.1) is 6.92 Å². The lowest BCUT2D eigenvalue weighted by molar-refractivity contribution is 0.0948. The highest BCUT2D eigenvalue weighted by Crippen LogP contribution is 2.09. The van der Waals surface area contributed by atoms with Crippen molar-refractivity contribution in [2.45, 2.75) is 18.2 Å². The molecule has 0 spiro atoms. The molecule has 1 aromatic carbocycles. The summed E-state index contributed by atoms with van der Waals surface area (Å²) in [4.78, 5) is 16.3. The van der Waals surface area contributed by atoms with Crippen LogP contribution in [-0.4, -0.2) is 40.6 Å². The van der Waals surface area contributed by atoms with Crippen LogP contribution in [0.4, 0.5) is 0 Å². The quantitative estimate of drug-likeness (QED) is 0.637. The Labute approximate surface area is 156 Å². The van der Waals surface area contributed by atoms with Gasteiger partial charge in [-0.25, -0.2) is 18.5 Å². The van der Waals surface area contributed by atoms with Gasteiger partial charge in [0.2, 0.25) is 10.0 Å². The molecule has 0 atom stereocenters. The van der Waals surface area contributed by atoms with Gasteiger partial charge in [-0.05, 0) is 43.2 Å². The number of imidazole rings is 1. The molecule has 3 rings (SSSR count). The summed E-state index contributed by atoms with van der Waals surface area (Å²) in [5, 5.41) is 15.8. The van der Waals surface area contributed by atoms with Crippen LogP contribution >= 0.6 is 0 Å². The van der Waals surface area contributed by atoms with Gasteiger partial charge in [0.25, 0.3) is 5.91 Å². The van der Waals surface area contributed by atoms with Crippen molar-refractivity contribution in [3.8, 4) is 5.82 Å². The summed E-state index contributed by atoms with van der Waals surface area (Å²) >= 11 is 0. The van der Waals surface area contributed by atoms with E-state index >= 15 is 0 Å². The fourth-order valence-electron chi connectivity index (χ4n) is 2.45. The molecule has 0 saturated carbocycles. The smallest absolute Gasteiger partial charge is 0.271 e. The molecule has 2 aromatic heterocycles. The van der Waals surface area contributed by atoms with Gasteiger partial charge < -0.3 is 5.32 Å². The topological polar surface area (TPSA) is 133 Å². The Bertz CT molecular complexity index is 1040. The van der Waals surface area contributed by atoms with Crippen molar-refractivity contribution >= 4 is 15.9 Å². The number of sulfonamides is 1. The Hall–Kier alpha value is -3.11. The number of amides is 1. The second kappa shape index (κ2) is 7.64. The molecule has 0 aliphatic heterocycles. The third-order valence-corrected chi connectivity index (χ3v) is 4.84. The van der Waals surface area contributed by atoms with Crippen molar-refractivity contribution in [1.29, 1.82) is 0 Å². The maximum absolute atomic E-state index is 12.2. The number of nitrogens with zero attached hydrogens (tertiary/aromatic N) is 4. The average Bonchev–Trinajstić information content (AvgIpc) is 3.07. The minimum Gasteiger partial charge on any atom is -0.350 e. The number of nitrogens with one attached hydrogen (secondary N) is 1. The third kappa shape index (κ3) is 4.54. The molecular weight excluding hydrogens is 368 g/mol. The Morgan fingerprint density at radius 1 is 1.15 bits per heavy atom. The van der Waals surface area contributed by atoms with Crippen LogP contribution < -0.4 is 10.5 Å².